The zero-order valence-electron chi connectivity index (χ0n) is 10.6. The lowest BCUT2D eigenvalue weighted by Crippen LogP contribution is -2.04. The summed E-state index contributed by atoms with van der Waals surface area (Å²) in [5.41, 5.74) is 1.75. The van der Waals surface area contributed by atoms with E-state index in [4.69, 9.17) is 9.47 Å². The highest BCUT2D eigenvalue weighted by Crippen LogP contribution is 2.39. The summed E-state index contributed by atoms with van der Waals surface area (Å²) in [4.78, 5) is 0. The number of hydrogen-bond donors (Lipinski definition) is 1. The Labute approximate surface area is 119 Å². The minimum Gasteiger partial charge on any atom is -0.454 e. The molecular formula is C13H14BrN3O2. The lowest BCUT2D eigenvalue weighted by Gasteiger charge is -2.10. The second-order valence-corrected chi connectivity index (χ2v) is 5.12. The molecule has 5 nitrogen and oxygen atoms in total. The summed E-state index contributed by atoms with van der Waals surface area (Å²) < 4.78 is 11.5. The Morgan fingerprint density at radius 1 is 1.26 bits per heavy atom. The molecule has 0 bridgehead atoms. The molecule has 2 heterocycles. The van der Waals surface area contributed by atoms with E-state index in [1.165, 1.54) is 0 Å². The Hall–Kier alpha value is -1.56. The second-order valence-electron chi connectivity index (χ2n) is 4.37. The first kappa shape index (κ1) is 12.5. The van der Waals surface area contributed by atoms with Crippen molar-refractivity contribution in [2.24, 2.45) is 0 Å². The summed E-state index contributed by atoms with van der Waals surface area (Å²) in [5.74, 6) is 1.48. The van der Waals surface area contributed by atoms with Crippen LogP contribution in [0.4, 0.5) is 5.69 Å². The van der Waals surface area contributed by atoms with Gasteiger partial charge in [0.05, 0.1) is 11.2 Å². The van der Waals surface area contributed by atoms with Gasteiger partial charge in [0.25, 0.3) is 0 Å². The lowest BCUT2D eigenvalue weighted by molar-refractivity contribution is 0.174. The van der Waals surface area contributed by atoms with Crippen molar-refractivity contribution in [1.29, 1.82) is 0 Å². The molecule has 0 aliphatic carbocycles. The standard InChI is InChI=1S/C13H14BrN3O2/c1-2-3-4-15-12-8-5-10-11(19-7-18-10)6-9(8)16-17-13(12)14/h5-6H,2-4,7H2,1H3,(H,15,16). The minimum absolute atomic E-state index is 0.263. The Morgan fingerprint density at radius 2 is 2.05 bits per heavy atom. The third-order valence-corrected chi connectivity index (χ3v) is 3.60. The molecule has 100 valence electrons. The molecule has 1 aromatic heterocycles. The van der Waals surface area contributed by atoms with E-state index >= 15 is 0 Å². The summed E-state index contributed by atoms with van der Waals surface area (Å²) in [7, 11) is 0. The van der Waals surface area contributed by atoms with Crippen molar-refractivity contribution in [2.75, 3.05) is 18.7 Å². The first-order valence-electron chi connectivity index (χ1n) is 6.29. The second kappa shape index (κ2) is 5.21. The molecule has 19 heavy (non-hydrogen) atoms. The minimum atomic E-state index is 0.263. The number of rotatable bonds is 4. The van der Waals surface area contributed by atoms with E-state index in [0.717, 1.165) is 52.1 Å². The highest BCUT2D eigenvalue weighted by molar-refractivity contribution is 9.10. The van der Waals surface area contributed by atoms with Gasteiger partial charge in [-0.2, -0.15) is 0 Å². The van der Waals surface area contributed by atoms with Gasteiger partial charge in [-0.05, 0) is 28.4 Å². The number of fused-ring (bicyclic) bond motifs is 2. The van der Waals surface area contributed by atoms with Crippen LogP contribution in [0.5, 0.6) is 11.5 Å². The van der Waals surface area contributed by atoms with Crippen molar-refractivity contribution in [1.82, 2.24) is 10.2 Å². The summed E-state index contributed by atoms with van der Waals surface area (Å²) >= 11 is 3.44. The van der Waals surface area contributed by atoms with Gasteiger partial charge in [-0.3, -0.25) is 0 Å². The number of hydrogen-bond acceptors (Lipinski definition) is 5. The van der Waals surface area contributed by atoms with Crippen LogP contribution in [0.1, 0.15) is 19.8 Å². The first-order valence-corrected chi connectivity index (χ1v) is 7.08. The molecule has 0 unspecified atom stereocenters. The maximum Gasteiger partial charge on any atom is 0.231 e. The van der Waals surface area contributed by atoms with Gasteiger partial charge in [0.2, 0.25) is 6.79 Å². The molecule has 1 aromatic carbocycles. The van der Waals surface area contributed by atoms with Crippen LogP contribution in [0, 0.1) is 0 Å². The van der Waals surface area contributed by atoms with Crippen molar-refractivity contribution in [3.8, 4) is 11.5 Å². The highest BCUT2D eigenvalue weighted by atomic mass is 79.9. The van der Waals surface area contributed by atoms with Crippen LogP contribution in [0.2, 0.25) is 0 Å². The van der Waals surface area contributed by atoms with Gasteiger partial charge in [0, 0.05) is 18.0 Å². The van der Waals surface area contributed by atoms with E-state index in [1.54, 1.807) is 0 Å². The molecule has 6 heteroatoms. The molecule has 1 aliphatic heterocycles. The summed E-state index contributed by atoms with van der Waals surface area (Å²) in [6.45, 7) is 3.33. The number of nitrogens with one attached hydrogen (secondary N) is 1. The maximum atomic E-state index is 5.41. The first-order chi connectivity index (χ1) is 9.29. The van der Waals surface area contributed by atoms with Crippen molar-refractivity contribution in [3.63, 3.8) is 0 Å². The maximum absolute atomic E-state index is 5.41. The van der Waals surface area contributed by atoms with Crippen molar-refractivity contribution < 1.29 is 9.47 Å². The average Bonchev–Trinajstić information content (AvgIpc) is 2.86. The molecule has 1 aliphatic rings. The predicted octanol–water partition coefficient (Wildman–Crippen LogP) is 3.33. The highest BCUT2D eigenvalue weighted by Gasteiger charge is 2.17. The van der Waals surface area contributed by atoms with Gasteiger partial charge in [0.15, 0.2) is 16.1 Å². The molecule has 0 saturated carbocycles. The molecule has 0 radical (unpaired) electrons. The van der Waals surface area contributed by atoms with E-state index < -0.39 is 0 Å². The summed E-state index contributed by atoms with van der Waals surface area (Å²) in [5, 5.41) is 12.7. The number of anilines is 1. The number of aromatic nitrogens is 2. The molecule has 0 amide bonds. The van der Waals surface area contributed by atoms with E-state index in [1.807, 2.05) is 12.1 Å². The third kappa shape index (κ3) is 2.32. The SMILES string of the molecule is CCCCNc1c(Br)nnc2cc3c(cc12)OCO3. The van der Waals surface area contributed by atoms with E-state index in [0.29, 0.717) is 0 Å². The van der Waals surface area contributed by atoms with Crippen LogP contribution >= 0.6 is 15.9 Å². The van der Waals surface area contributed by atoms with E-state index in [9.17, 15) is 0 Å². The lowest BCUT2D eigenvalue weighted by atomic mass is 10.2. The van der Waals surface area contributed by atoms with Gasteiger partial charge >= 0.3 is 0 Å². The molecule has 0 saturated heterocycles. The zero-order valence-corrected chi connectivity index (χ0v) is 12.2. The Balaban J connectivity index is 2.05. The normalized spacial score (nSPS) is 12.9. The number of benzene rings is 1. The average molecular weight is 324 g/mol. The summed E-state index contributed by atoms with van der Waals surface area (Å²) in [6, 6.07) is 3.81. The van der Waals surface area contributed by atoms with E-state index in [2.05, 4.69) is 38.4 Å². The van der Waals surface area contributed by atoms with Gasteiger partial charge in [-0.15, -0.1) is 10.2 Å². The predicted molar refractivity (Wildman–Crippen MR) is 76.8 cm³/mol. The largest absolute Gasteiger partial charge is 0.454 e. The third-order valence-electron chi connectivity index (χ3n) is 3.04. The molecule has 3 rings (SSSR count). The molecule has 0 fully saturated rings. The summed E-state index contributed by atoms with van der Waals surface area (Å²) in [6.07, 6.45) is 2.26. The van der Waals surface area contributed by atoms with Crippen LogP contribution in [0.3, 0.4) is 0 Å². The van der Waals surface area contributed by atoms with Crippen LogP contribution in [-0.2, 0) is 0 Å². The monoisotopic (exact) mass is 323 g/mol. The number of unbranched alkanes of at least 4 members (excludes halogenated alkanes) is 1. The van der Waals surface area contributed by atoms with Crippen LogP contribution in [0.15, 0.2) is 16.7 Å². The number of nitrogens with zero attached hydrogens (tertiary/aromatic N) is 2. The van der Waals surface area contributed by atoms with Crippen molar-refractivity contribution in [3.05, 3.63) is 16.7 Å². The van der Waals surface area contributed by atoms with Gasteiger partial charge < -0.3 is 14.8 Å². The van der Waals surface area contributed by atoms with Crippen molar-refractivity contribution in [2.45, 2.75) is 19.8 Å². The fraction of sp³-hybridized carbons (Fsp3) is 0.385. The van der Waals surface area contributed by atoms with Crippen LogP contribution in [-0.4, -0.2) is 23.5 Å². The van der Waals surface area contributed by atoms with Gasteiger partial charge in [0.1, 0.15) is 0 Å². The Morgan fingerprint density at radius 3 is 2.84 bits per heavy atom. The smallest absolute Gasteiger partial charge is 0.231 e. The Bertz CT molecular complexity index is 618. The van der Waals surface area contributed by atoms with Gasteiger partial charge in [-0.1, -0.05) is 13.3 Å². The van der Waals surface area contributed by atoms with Crippen LogP contribution in [0.25, 0.3) is 10.9 Å². The molecule has 1 N–H and O–H groups in total. The fourth-order valence-electron chi connectivity index (χ4n) is 2.03. The van der Waals surface area contributed by atoms with Crippen molar-refractivity contribution >= 4 is 32.5 Å². The molecular weight excluding hydrogens is 310 g/mol. The van der Waals surface area contributed by atoms with E-state index in [-0.39, 0.29) is 6.79 Å². The molecule has 0 spiro atoms. The molecule has 2 aromatic rings. The fourth-order valence-corrected chi connectivity index (χ4v) is 2.46. The number of ether oxygens (including phenoxy) is 2. The van der Waals surface area contributed by atoms with Crippen LogP contribution < -0.4 is 14.8 Å². The van der Waals surface area contributed by atoms with Gasteiger partial charge in [-0.25, -0.2) is 0 Å². The topological polar surface area (TPSA) is 56.3 Å². The number of halogens is 1. The quantitative estimate of drug-likeness (QED) is 0.874. The molecule has 0 atom stereocenters. The zero-order chi connectivity index (χ0) is 13.2. The Kier molecular flexibility index (Phi) is 3.42.